The van der Waals surface area contributed by atoms with Gasteiger partial charge in [-0.15, -0.1) is 0 Å². The lowest BCUT2D eigenvalue weighted by Gasteiger charge is -2.39. The molecule has 0 saturated heterocycles. The summed E-state index contributed by atoms with van der Waals surface area (Å²) in [5, 5.41) is 12.0. The number of benzene rings is 1. The molecular weight excluding hydrogens is 554 g/mol. The third kappa shape index (κ3) is 8.53. The fourth-order valence-electron chi connectivity index (χ4n) is 6.94. The molecule has 1 aromatic rings. The lowest BCUT2D eigenvalue weighted by molar-refractivity contribution is -0.117. The van der Waals surface area contributed by atoms with Crippen molar-refractivity contribution < 1.29 is 24.2 Å². The predicted octanol–water partition coefficient (Wildman–Crippen LogP) is 5.63. The standard InChI is InChI=1S/C36H49N3O5/c1-4-5-6-10-26(41)18-16-24-22-33(44-27-11-7-8-12-27)35(42)34-28(24)13-9-14-31(39-36(37)38)25-17-20-32(43-3)30(21-25)29(34)19-15-23(2)40/h6,10,17,20,22,25,27,29-32,42H,4-5,7-8,11-12,14-16,18-19,21H2,1-3H3,(H4,37,38,39). The van der Waals surface area contributed by atoms with Gasteiger partial charge in [-0.05, 0) is 87.8 Å². The lowest BCUT2D eigenvalue weighted by atomic mass is 9.68. The Hall–Kier alpha value is -3.57. The zero-order valence-electron chi connectivity index (χ0n) is 26.5. The highest BCUT2D eigenvalue weighted by atomic mass is 16.5. The summed E-state index contributed by atoms with van der Waals surface area (Å²) in [5.74, 6) is 7.03. The predicted molar refractivity (Wildman–Crippen MR) is 174 cm³/mol. The van der Waals surface area contributed by atoms with Crippen LogP contribution in [-0.2, 0) is 20.7 Å². The van der Waals surface area contributed by atoms with Crippen molar-refractivity contribution in [2.24, 2.45) is 28.3 Å². The molecule has 1 aromatic carbocycles. The van der Waals surface area contributed by atoms with Gasteiger partial charge in [0.25, 0.3) is 0 Å². The van der Waals surface area contributed by atoms with Crippen LogP contribution in [0.3, 0.4) is 0 Å². The van der Waals surface area contributed by atoms with Gasteiger partial charge in [-0.25, -0.2) is 4.99 Å². The van der Waals surface area contributed by atoms with Crippen molar-refractivity contribution in [3.8, 4) is 23.3 Å². The highest BCUT2D eigenvalue weighted by Gasteiger charge is 2.40. The number of carbonyl (C=O) groups is 2. The molecular formula is C36H49N3O5. The smallest absolute Gasteiger partial charge is 0.186 e. The first-order chi connectivity index (χ1) is 21.2. The number of phenols is 1. The molecule has 0 radical (unpaired) electrons. The van der Waals surface area contributed by atoms with E-state index in [-0.39, 0.29) is 59.3 Å². The van der Waals surface area contributed by atoms with Crippen molar-refractivity contribution in [2.45, 2.75) is 115 Å². The average molecular weight is 604 g/mol. The van der Waals surface area contributed by atoms with Crippen LogP contribution >= 0.6 is 0 Å². The van der Waals surface area contributed by atoms with Crippen LogP contribution in [0.5, 0.6) is 11.5 Å². The van der Waals surface area contributed by atoms with Crippen LogP contribution in [-0.4, -0.2) is 48.0 Å². The molecule has 44 heavy (non-hydrogen) atoms. The van der Waals surface area contributed by atoms with Crippen molar-refractivity contribution in [3.05, 3.63) is 47.1 Å². The number of aryl methyl sites for hydroxylation is 1. The SMILES string of the molecule is CCCC=CC(=O)CCc1cc(OC2CCCC2)c(O)c2c1C#CCC(N=C(N)N)C1C=CC(OC)C(C1)C2CCC(C)=O. The van der Waals surface area contributed by atoms with Crippen LogP contribution in [0.25, 0.3) is 0 Å². The summed E-state index contributed by atoms with van der Waals surface area (Å²) in [6.45, 7) is 3.67. The first-order valence-electron chi connectivity index (χ1n) is 16.2. The van der Waals surface area contributed by atoms with E-state index in [0.29, 0.717) is 55.4 Å². The number of guanidine groups is 1. The number of nitrogens with zero attached hydrogens (tertiary/aromatic N) is 1. The minimum absolute atomic E-state index is 0.0104. The highest BCUT2D eigenvalue weighted by molar-refractivity contribution is 5.89. The Morgan fingerprint density at radius 1 is 1.18 bits per heavy atom. The van der Waals surface area contributed by atoms with Crippen LogP contribution < -0.4 is 16.2 Å². The van der Waals surface area contributed by atoms with E-state index in [4.69, 9.17) is 20.9 Å². The number of carbonyl (C=O) groups excluding carboxylic acids is 2. The second-order valence-electron chi connectivity index (χ2n) is 12.5. The van der Waals surface area contributed by atoms with Gasteiger partial charge in [0, 0.05) is 43.4 Å². The monoisotopic (exact) mass is 603 g/mol. The number of unbranched alkanes of at least 4 members (excludes halogenated alkanes) is 1. The topological polar surface area (TPSA) is 137 Å². The fraction of sp³-hybridized carbons (Fsp3) is 0.583. The maximum absolute atomic E-state index is 12.8. The van der Waals surface area contributed by atoms with Gasteiger partial charge in [0.1, 0.15) is 5.78 Å². The number of Topliss-reactive ketones (excluding diaryl/α,β-unsaturated/α-hetero) is 1. The molecule has 4 rings (SSSR count). The van der Waals surface area contributed by atoms with Gasteiger partial charge in [0.2, 0.25) is 0 Å². The van der Waals surface area contributed by atoms with Crippen LogP contribution in [0, 0.1) is 23.7 Å². The van der Waals surface area contributed by atoms with Crippen LogP contribution in [0.2, 0.25) is 0 Å². The summed E-state index contributed by atoms with van der Waals surface area (Å²) < 4.78 is 12.5. The van der Waals surface area contributed by atoms with Crippen molar-refractivity contribution in [3.63, 3.8) is 0 Å². The fourth-order valence-corrected chi connectivity index (χ4v) is 6.94. The Morgan fingerprint density at radius 3 is 2.64 bits per heavy atom. The van der Waals surface area contributed by atoms with Crippen LogP contribution in [0.4, 0.5) is 0 Å². The Labute approximate surface area is 262 Å². The maximum atomic E-state index is 12.8. The summed E-state index contributed by atoms with van der Waals surface area (Å²) in [5.41, 5.74) is 13.9. The molecule has 0 amide bonds. The number of aliphatic imine (C=N–C) groups is 1. The first kappa shape index (κ1) is 33.3. The molecule has 8 heteroatoms. The summed E-state index contributed by atoms with van der Waals surface area (Å²) in [7, 11) is 1.69. The van der Waals surface area contributed by atoms with E-state index in [1.54, 1.807) is 20.1 Å². The highest BCUT2D eigenvalue weighted by Crippen LogP contribution is 2.49. The number of ketones is 2. The first-order valence-corrected chi connectivity index (χ1v) is 16.2. The minimum atomic E-state index is -0.260. The Balaban J connectivity index is 1.90. The number of hydrogen-bond donors (Lipinski definition) is 3. The Morgan fingerprint density at radius 2 is 1.95 bits per heavy atom. The normalized spacial score (nSPS) is 24.8. The molecule has 1 saturated carbocycles. The molecule has 238 valence electrons. The van der Waals surface area contributed by atoms with Gasteiger partial charge < -0.3 is 30.8 Å². The largest absolute Gasteiger partial charge is 0.504 e. The summed E-state index contributed by atoms with van der Waals surface area (Å²) in [6.07, 6.45) is 16.2. The van der Waals surface area contributed by atoms with Crippen molar-refractivity contribution in [2.75, 3.05) is 7.11 Å². The Kier molecular flexibility index (Phi) is 12.1. The van der Waals surface area contributed by atoms with Crippen molar-refractivity contribution in [1.82, 2.24) is 0 Å². The second kappa shape index (κ2) is 15.9. The zero-order valence-corrected chi connectivity index (χ0v) is 26.5. The lowest BCUT2D eigenvalue weighted by Crippen LogP contribution is -2.37. The molecule has 8 nitrogen and oxygen atoms in total. The quantitative estimate of drug-likeness (QED) is 0.0874. The molecule has 3 aliphatic rings. The van der Waals surface area contributed by atoms with Crippen molar-refractivity contribution >= 4 is 17.5 Å². The molecule has 2 bridgehead atoms. The molecule has 3 aliphatic carbocycles. The van der Waals surface area contributed by atoms with Gasteiger partial charge in [-0.2, -0.15) is 0 Å². The van der Waals surface area contributed by atoms with E-state index in [2.05, 4.69) is 35.9 Å². The molecule has 0 spiro atoms. The third-order valence-corrected chi connectivity index (χ3v) is 9.20. The summed E-state index contributed by atoms with van der Waals surface area (Å²) in [4.78, 5) is 29.7. The number of fused-ring (bicyclic) bond motifs is 3. The van der Waals surface area contributed by atoms with E-state index in [0.717, 1.165) is 44.1 Å². The van der Waals surface area contributed by atoms with E-state index < -0.39 is 0 Å². The molecule has 0 aliphatic heterocycles. The molecule has 5 unspecified atom stereocenters. The van der Waals surface area contributed by atoms with Crippen LogP contribution in [0.15, 0.2) is 35.4 Å². The van der Waals surface area contributed by atoms with Gasteiger partial charge >= 0.3 is 0 Å². The molecule has 5 atom stereocenters. The number of allylic oxidation sites excluding steroid dienone is 2. The van der Waals surface area contributed by atoms with E-state index in [9.17, 15) is 14.7 Å². The maximum Gasteiger partial charge on any atom is 0.186 e. The molecule has 0 aromatic heterocycles. The molecule has 1 fully saturated rings. The molecule has 5 N–H and O–H groups in total. The van der Waals surface area contributed by atoms with Crippen molar-refractivity contribution in [1.29, 1.82) is 0 Å². The van der Waals surface area contributed by atoms with E-state index in [1.165, 1.54) is 0 Å². The zero-order chi connectivity index (χ0) is 31.6. The summed E-state index contributed by atoms with van der Waals surface area (Å²) in [6, 6.07) is 1.63. The number of rotatable bonds is 13. The third-order valence-electron chi connectivity index (χ3n) is 9.20. The summed E-state index contributed by atoms with van der Waals surface area (Å²) >= 11 is 0. The number of phenolic OH excluding ortho intramolecular Hbond substituents is 1. The Bertz CT molecular complexity index is 1330. The number of hydrogen-bond acceptors (Lipinski definition) is 6. The van der Waals surface area contributed by atoms with E-state index >= 15 is 0 Å². The number of methoxy groups -OCH3 is 1. The van der Waals surface area contributed by atoms with Gasteiger partial charge in [-0.3, -0.25) is 4.79 Å². The number of aromatic hydroxyl groups is 1. The second-order valence-corrected chi connectivity index (χ2v) is 12.5. The van der Waals surface area contributed by atoms with E-state index in [1.807, 2.05) is 12.1 Å². The number of nitrogens with two attached hydrogens (primary N) is 2. The molecule has 0 heterocycles. The minimum Gasteiger partial charge on any atom is -0.504 e. The average Bonchev–Trinajstić information content (AvgIpc) is 3.51. The van der Waals surface area contributed by atoms with Gasteiger partial charge in [0.15, 0.2) is 23.2 Å². The number of ether oxygens (including phenoxy) is 2. The van der Waals surface area contributed by atoms with Gasteiger partial charge in [0.05, 0.1) is 18.2 Å². The van der Waals surface area contributed by atoms with Gasteiger partial charge in [-0.1, -0.05) is 43.4 Å². The van der Waals surface area contributed by atoms with Crippen LogP contribution in [0.1, 0.15) is 107 Å².